The van der Waals surface area contributed by atoms with Gasteiger partial charge in [0.15, 0.2) is 0 Å². The van der Waals surface area contributed by atoms with Crippen LogP contribution in [0.15, 0.2) is 0 Å². The molecule has 4 heteroatoms. The van der Waals surface area contributed by atoms with Gasteiger partial charge >= 0.3 is 51.4 Å². The molecule has 0 aromatic carbocycles. The van der Waals surface area contributed by atoms with Gasteiger partial charge in [-0.05, 0) is 38.5 Å². The Labute approximate surface area is 156 Å². The predicted molar refractivity (Wildman–Crippen MR) is 74.0 cm³/mol. The standard InChI is InChI=1S/C12H25NO2.C2H6.K/c1-11(2,3)8-9-15-12(4,5)7-6-10(13)14;1-2;/h6-9H2,1-5H3,(H2,13,14);1-2H3;/q;;+1/p-1. The van der Waals surface area contributed by atoms with Gasteiger partial charge in [0.2, 0.25) is 0 Å². The van der Waals surface area contributed by atoms with Gasteiger partial charge in [0.05, 0.1) is 5.60 Å². The molecule has 0 aromatic heterocycles. The van der Waals surface area contributed by atoms with Crippen LogP contribution >= 0.6 is 0 Å². The van der Waals surface area contributed by atoms with Gasteiger partial charge in [-0.3, -0.25) is 0 Å². The zero-order valence-corrected chi connectivity index (χ0v) is 16.8. The quantitative estimate of drug-likeness (QED) is 0.695. The van der Waals surface area contributed by atoms with Crippen molar-refractivity contribution in [2.24, 2.45) is 5.41 Å². The second-order valence-corrected chi connectivity index (χ2v) is 5.84. The summed E-state index contributed by atoms with van der Waals surface area (Å²) in [6.07, 6.45) is 1.91. The van der Waals surface area contributed by atoms with Crippen molar-refractivity contribution in [2.45, 2.75) is 73.3 Å². The van der Waals surface area contributed by atoms with Crippen molar-refractivity contribution < 1.29 is 60.9 Å². The van der Waals surface area contributed by atoms with E-state index in [0.717, 1.165) is 6.42 Å². The molecule has 0 atom stereocenters. The Morgan fingerprint density at radius 1 is 1.06 bits per heavy atom. The molecule has 0 unspecified atom stereocenters. The largest absolute Gasteiger partial charge is 1.00 e. The van der Waals surface area contributed by atoms with Crippen LogP contribution in [-0.4, -0.2) is 18.1 Å². The SMILES string of the molecule is CC.CC(C)(C)CCOC(C)(C)CCC([NH-])=O.[K+]. The zero-order valence-electron chi connectivity index (χ0n) is 13.6. The van der Waals surface area contributed by atoms with Crippen LogP contribution in [0.5, 0.6) is 0 Å². The summed E-state index contributed by atoms with van der Waals surface area (Å²) in [5.41, 5.74) is 6.83. The van der Waals surface area contributed by atoms with Crippen LogP contribution in [0.4, 0.5) is 0 Å². The molecule has 0 saturated heterocycles. The zero-order chi connectivity index (χ0) is 14.1. The molecule has 0 aliphatic heterocycles. The van der Waals surface area contributed by atoms with E-state index < -0.39 is 5.91 Å². The summed E-state index contributed by atoms with van der Waals surface area (Å²) in [5, 5.41) is 0. The van der Waals surface area contributed by atoms with Crippen LogP contribution in [0.2, 0.25) is 0 Å². The number of nitrogens with one attached hydrogen (secondary N) is 1. The molecule has 0 aliphatic carbocycles. The van der Waals surface area contributed by atoms with Crippen LogP contribution in [0.3, 0.4) is 0 Å². The number of hydrogen-bond donors (Lipinski definition) is 0. The molecular formula is C14H30KNO2. The number of ether oxygens (including phenoxy) is 1. The summed E-state index contributed by atoms with van der Waals surface area (Å²) in [5.74, 6) is -0.512. The first-order valence-corrected chi connectivity index (χ1v) is 6.51. The second-order valence-electron chi connectivity index (χ2n) is 5.84. The summed E-state index contributed by atoms with van der Waals surface area (Å²) in [4.78, 5) is 10.5. The Hall–Kier alpha value is 1.07. The topological polar surface area (TPSA) is 50.1 Å². The van der Waals surface area contributed by atoms with Gasteiger partial charge in [0, 0.05) is 12.5 Å². The van der Waals surface area contributed by atoms with Crippen molar-refractivity contribution in [3.05, 3.63) is 5.73 Å². The molecule has 3 nitrogen and oxygen atoms in total. The molecule has 0 spiro atoms. The van der Waals surface area contributed by atoms with Gasteiger partial charge in [-0.2, -0.15) is 0 Å². The molecule has 0 radical (unpaired) electrons. The average molecular weight is 283 g/mol. The van der Waals surface area contributed by atoms with Crippen LogP contribution < -0.4 is 51.4 Å². The van der Waals surface area contributed by atoms with Crippen molar-refractivity contribution in [1.29, 1.82) is 0 Å². The van der Waals surface area contributed by atoms with Gasteiger partial charge < -0.3 is 15.3 Å². The summed E-state index contributed by atoms with van der Waals surface area (Å²) in [7, 11) is 0. The van der Waals surface area contributed by atoms with Crippen molar-refractivity contribution in [1.82, 2.24) is 0 Å². The smallest absolute Gasteiger partial charge is 0.668 e. The van der Waals surface area contributed by atoms with Crippen molar-refractivity contribution >= 4 is 5.91 Å². The van der Waals surface area contributed by atoms with Gasteiger partial charge in [0.25, 0.3) is 0 Å². The van der Waals surface area contributed by atoms with Crippen LogP contribution in [0, 0.1) is 5.41 Å². The molecule has 1 N–H and O–H groups in total. The van der Waals surface area contributed by atoms with E-state index in [4.69, 9.17) is 10.5 Å². The summed E-state index contributed by atoms with van der Waals surface area (Å²) >= 11 is 0. The molecule has 0 fully saturated rings. The molecule has 0 aliphatic rings. The molecule has 0 saturated carbocycles. The van der Waals surface area contributed by atoms with Crippen molar-refractivity contribution in [3.8, 4) is 0 Å². The summed E-state index contributed by atoms with van der Waals surface area (Å²) in [6, 6.07) is 0. The molecule has 104 valence electrons. The van der Waals surface area contributed by atoms with Crippen molar-refractivity contribution in [3.63, 3.8) is 0 Å². The van der Waals surface area contributed by atoms with Crippen LogP contribution in [0.1, 0.15) is 67.7 Å². The fraction of sp³-hybridized carbons (Fsp3) is 0.929. The van der Waals surface area contributed by atoms with Gasteiger partial charge in [-0.1, -0.05) is 34.6 Å². The first kappa shape index (κ1) is 24.1. The van der Waals surface area contributed by atoms with Gasteiger partial charge in [0.1, 0.15) is 0 Å². The molecular weight excluding hydrogens is 253 g/mol. The Kier molecular flexibility index (Phi) is 15.9. The molecule has 0 bridgehead atoms. The van der Waals surface area contributed by atoms with E-state index in [1.165, 1.54) is 0 Å². The first-order chi connectivity index (χ1) is 7.62. The van der Waals surface area contributed by atoms with E-state index in [2.05, 4.69) is 20.8 Å². The maximum absolute atomic E-state index is 10.5. The fourth-order valence-corrected chi connectivity index (χ4v) is 1.12. The number of hydrogen-bond acceptors (Lipinski definition) is 2. The third-order valence-electron chi connectivity index (χ3n) is 2.30. The third-order valence-corrected chi connectivity index (χ3v) is 2.30. The Bertz CT molecular complexity index is 210. The second kappa shape index (κ2) is 11.9. The fourth-order valence-electron chi connectivity index (χ4n) is 1.12. The van der Waals surface area contributed by atoms with E-state index in [9.17, 15) is 4.79 Å². The van der Waals surface area contributed by atoms with E-state index in [-0.39, 0.29) is 68.8 Å². The van der Waals surface area contributed by atoms with Gasteiger partial charge in [-0.25, -0.2) is 0 Å². The summed E-state index contributed by atoms with van der Waals surface area (Å²) in [6.45, 7) is 15.2. The van der Waals surface area contributed by atoms with Crippen LogP contribution in [-0.2, 0) is 9.53 Å². The maximum atomic E-state index is 10.5. The molecule has 0 heterocycles. The number of amides is 1. The summed E-state index contributed by atoms with van der Waals surface area (Å²) < 4.78 is 5.72. The Morgan fingerprint density at radius 2 is 1.50 bits per heavy atom. The van der Waals surface area contributed by atoms with E-state index in [1.807, 2.05) is 27.7 Å². The predicted octanol–water partition coefficient (Wildman–Crippen LogP) is 1.61. The maximum Gasteiger partial charge on any atom is 1.00 e. The number of rotatable bonds is 6. The Morgan fingerprint density at radius 3 is 1.83 bits per heavy atom. The van der Waals surface area contributed by atoms with Crippen LogP contribution in [0.25, 0.3) is 5.73 Å². The molecule has 0 rings (SSSR count). The average Bonchev–Trinajstić information content (AvgIpc) is 2.16. The van der Waals surface area contributed by atoms with Crippen molar-refractivity contribution in [2.75, 3.05) is 6.61 Å². The molecule has 18 heavy (non-hydrogen) atoms. The monoisotopic (exact) mass is 283 g/mol. The number of carbonyl (C=O) groups is 1. The molecule has 1 amide bonds. The van der Waals surface area contributed by atoms with E-state index in [1.54, 1.807) is 0 Å². The minimum Gasteiger partial charge on any atom is -0.668 e. The Balaban J connectivity index is -0.000000709. The molecule has 0 aromatic rings. The normalized spacial score (nSPS) is 11.1. The van der Waals surface area contributed by atoms with E-state index in [0.29, 0.717) is 13.0 Å². The minimum absolute atomic E-state index is 0. The van der Waals surface area contributed by atoms with Gasteiger partial charge in [-0.15, -0.1) is 0 Å². The third kappa shape index (κ3) is 19.4. The first-order valence-electron chi connectivity index (χ1n) is 6.51. The minimum atomic E-state index is -0.512. The van der Waals surface area contributed by atoms with E-state index >= 15 is 0 Å². The number of carbonyl (C=O) groups excluding carboxylic acids is 1.